The second-order valence-corrected chi connectivity index (χ2v) is 6.66. The number of hydrogen-bond acceptors (Lipinski definition) is 3. The number of halogens is 2. The summed E-state index contributed by atoms with van der Waals surface area (Å²) in [5.41, 5.74) is 1.72. The Balaban J connectivity index is 2.02. The molecule has 7 heteroatoms. The zero-order valence-corrected chi connectivity index (χ0v) is 13.9. The van der Waals surface area contributed by atoms with E-state index in [1.165, 1.54) is 0 Å². The smallest absolute Gasteiger partial charge is 0.306 e. The molecule has 23 heavy (non-hydrogen) atoms. The highest BCUT2D eigenvalue weighted by molar-refractivity contribution is 5.69. The van der Waals surface area contributed by atoms with Gasteiger partial charge in [-0.15, -0.1) is 0 Å². The molecule has 1 aliphatic rings. The maximum atomic E-state index is 14.2. The van der Waals surface area contributed by atoms with E-state index in [0.717, 1.165) is 11.3 Å². The molecule has 5 nitrogen and oxygen atoms in total. The first-order valence-electron chi connectivity index (χ1n) is 8.09. The Morgan fingerprint density at radius 1 is 1.48 bits per heavy atom. The number of carboxylic acids is 1. The van der Waals surface area contributed by atoms with E-state index >= 15 is 0 Å². The molecule has 0 saturated heterocycles. The number of rotatable bonds is 5. The van der Waals surface area contributed by atoms with E-state index in [2.05, 4.69) is 10.4 Å². The summed E-state index contributed by atoms with van der Waals surface area (Å²) in [6.45, 7) is 6.20. The largest absolute Gasteiger partial charge is 0.481 e. The van der Waals surface area contributed by atoms with Crippen LogP contribution in [0.2, 0.25) is 0 Å². The fraction of sp³-hybridized carbons (Fsp3) is 0.750. The molecule has 1 aromatic heterocycles. The van der Waals surface area contributed by atoms with E-state index in [1.54, 1.807) is 0 Å². The van der Waals surface area contributed by atoms with Crippen molar-refractivity contribution in [3.8, 4) is 0 Å². The molecule has 1 fully saturated rings. The highest BCUT2D eigenvalue weighted by Crippen LogP contribution is 2.35. The van der Waals surface area contributed by atoms with Gasteiger partial charge in [0.1, 0.15) is 0 Å². The predicted molar refractivity (Wildman–Crippen MR) is 82.5 cm³/mol. The molecule has 2 N–H and O–H groups in total. The van der Waals surface area contributed by atoms with Crippen molar-refractivity contribution in [2.24, 2.45) is 5.92 Å². The van der Waals surface area contributed by atoms with Crippen molar-refractivity contribution in [3.05, 3.63) is 17.5 Å². The summed E-state index contributed by atoms with van der Waals surface area (Å²) in [5.74, 6) is -4.53. The lowest BCUT2D eigenvalue weighted by molar-refractivity contribution is -0.142. The van der Waals surface area contributed by atoms with Crippen molar-refractivity contribution in [1.29, 1.82) is 0 Å². The van der Waals surface area contributed by atoms with Gasteiger partial charge in [0.2, 0.25) is 0 Å². The van der Waals surface area contributed by atoms with E-state index in [0.29, 0.717) is 6.54 Å². The third kappa shape index (κ3) is 4.28. The van der Waals surface area contributed by atoms with Crippen LogP contribution < -0.4 is 5.32 Å². The molecule has 0 unspecified atom stereocenters. The van der Waals surface area contributed by atoms with Gasteiger partial charge < -0.3 is 10.4 Å². The predicted octanol–water partition coefficient (Wildman–Crippen LogP) is 3.14. The van der Waals surface area contributed by atoms with Crippen molar-refractivity contribution in [1.82, 2.24) is 15.1 Å². The number of carboxylic acid groups (broad SMARTS) is 1. The van der Waals surface area contributed by atoms with Crippen LogP contribution in [0.1, 0.15) is 56.8 Å². The summed E-state index contributed by atoms with van der Waals surface area (Å²) in [4.78, 5) is 11.0. The number of hydrogen-bond donors (Lipinski definition) is 2. The number of aliphatic carboxylic acids is 1. The van der Waals surface area contributed by atoms with Gasteiger partial charge in [0.25, 0.3) is 5.92 Å². The van der Waals surface area contributed by atoms with Crippen LogP contribution in [0.3, 0.4) is 0 Å². The van der Waals surface area contributed by atoms with Gasteiger partial charge in [-0.2, -0.15) is 5.10 Å². The molecule has 1 aromatic rings. The Bertz CT molecular complexity index is 558. The molecule has 1 aliphatic carbocycles. The third-order valence-corrected chi connectivity index (χ3v) is 4.58. The van der Waals surface area contributed by atoms with Crippen molar-refractivity contribution < 1.29 is 18.7 Å². The topological polar surface area (TPSA) is 67.2 Å². The van der Waals surface area contributed by atoms with Crippen molar-refractivity contribution in [2.45, 2.75) is 71.0 Å². The number of aromatic nitrogens is 2. The number of alkyl halides is 2. The van der Waals surface area contributed by atoms with Crippen molar-refractivity contribution >= 4 is 5.97 Å². The number of carbonyl (C=O) groups is 1. The highest BCUT2D eigenvalue weighted by atomic mass is 19.3. The molecular weight excluding hydrogens is 304 g/mol. The molecule has 1 heterocycles. The van der Waals surface area contributed by atoms with Crippen LogP contribution in [-0.4, -0.2) is 32.8 Å². The summed E-state index contributed by atoms with van der Waals surface area (Å²) >= 11 is 0. The van der Waals surface area contributed by atoms with Crippen LogP contribution in [0.5, 0.6) is 0 Å². The van der Waals surface area contributed by atoms with Gasteiger partial charge >= 0.3 is 5.97 Å². The first-order chi connectivity index (χ1) is 10.7. The van der Waals surface area contributed by atoms with Gasteiger partial charge in [0.05, 0.1) is 17.7 Å². The number of aryl methyl sites for hydroxylation is 1. The van der Waals surface area contributed by atoms with Gasteiger partial charge in [-0.05, 0) is 40.0 Å². The first-order valence-corrected chi connectivity index (χ1v) is 8.09. The Labute approximate surface area is 135 Å². The zero-order chi connectivity index (χ0) is 17.2. The normalized spacial score (nSPS) is 24.6. The molecule has 0 amide bonds. The minimum Gasteiger partial charge on any atom is -0.481 e. The quantitative estimate of drug-likeness (QED) is 0.815. The van der Waals surface area contributed by atoms with Gasteiger partial charge in [-0.1, -0.05) is 0 Å². The molecule has 0 aromatic carbocycles. The van der Waals surface area contributed by atoms with Crippen molar-refractivity contribution in [2.75, 3.05) is 0 Å². The maximum Gasteiger partial charge on any atom is 0.306 e. The summed E-state index contributed by atoms with van der Waals surface area (Å²) in [7, 11) is 0. The first kappa shape index (κ1) is 17.8. The summed E-state index contributed by atoms with van der Waals surface area (Å²) in [6.07, 6.45) is 1.98. The molecule has 2 atom stereocenters. The second-order valence-electron chi connectivity index (χ2n) is 6.66. The lowest BCUT2D eigenvalue weighted by atomic mass is 10.0. The monoisotopic (exact) mass is 329 g/mol. The standard InChI is InChI=1S/C16H25F2N3O2/c1-10(2)21-9-13(11(3)20-21)8-19-14-5-4-12(15(22)23)6-7-16(14,17)18/h9-10,12,14,19H,4-8H2,1-3H3,(H,22,23)/t12-,14-/m1/s1. The van der Waals surface area contributed by atoms with Crippen LogP contribution in [-0.2, 0) is 11.3 Å². The Morgan fingerprint density at radius 2 is 2.17 bits per heavy atom. The zero-order valence-electron chi connectivity index (χ0n) is 13.9. The van der Waals surface area contributed by atoms with E-state index in [9.17, 15) is 13.6 Å². The van der Waals surface area contributed by atoms with Crippen LogP contribution >= 0.6 is 0 Å². The molecule has 130 valence electrons. The Kier molecular flexibility index (Phi) is 5.39. The number of nitrogens with zero attached hydrogens (tertiary/aromatic N) is 2. The lowest BCUT2D eigenvalue weighted by Crippen LogP contribution is -2.43. The minimum absolute atomic E-state index is 0.0326. The average Bonchev–Trinajstić information content (AvgIpc) is 2.74. The second kappa shape index (κ2) is 6.95. The molecule has 0 aliphatic heterocycles. The summed E-state index contributed by atoms with van der Waals surface area (Å²) in [6, 6.07) is -0.772. The molecule has 0 radical (unpaired) electrons. The Morgan fingerprint density at radius 3 is 2.74 bits per heavy atom. The van der Waals surface area contributed by atoms with E-state index < -0.39 is 23.9 Å². The highest BCUT2D eigenvalue weighted by Gasteiger charge is 2.42. The molecule has 0 spiro atoms. The molecule has 2 rings (SSSR count). The number of nitrogens with one attached hydrogen (secondary N) is 1. The van der Waals surface area contributed by atoms with Crippen LogP contribution in [0.15, 0.2) is 6.20 Å². The van der Waals surface area contributed by atoms with Gasteiger partial charge in [-0.3, -0.25) is 9.48 Å². The van der Waals surface area contributed by atoms with Gasteiger partial charge in [0, 0.05) is 30.8 Å². The minimum atomic E-state index is -2.88. The fourth-order valence-corrected chi connectivity index (χ4v) is 2.95. The maximum absolute atomic E-state index is 14.2. The fourth-order valence-electron chi connectivity index (χ4n) is 2.95. The summed E-state index contributed by atoms with van der Waals surface area (Å²) < 4.78 is 30.3. The van der Waals surface area contributed by atoms with Crippen LogP contribution in [0.25, 0.3) is 0 Å². The average molecular weight is 329 g/mol. The van der Waals surface area contributed by atoms with Crippen LogP contribution in [0, 0.1) is 12.8 Å². The van der Waals surface area contributed by atoms with Crippen LogP contribution in [0.4, 0.5) is 8.78 Å². The van der Waals surface area contributed by atoms with E-state index in [1.807, 2.05) is 31.6 Å². The molecule has 0 bridgehead atoms. The van der Waals surface area contributed by atoms with Gasteiger partial charge in [-0.25, -0.2) is 8.78 Å². The molecular formula is C16H25F2N3O2. The van der Waals surface area contributed by atoms with Gasteiger partial charge in [0.15, 0.2) is 0 Å². The lowest BCUT2D eigenvalue weighted by Gasteiger charge is -2.25. The van der Waals surface area contributed by atoms with Crippen molar-refractivity contribution in [3.63, 3.8) is 0 Å². The SMILES string of the molecule is Cc1nn(C(C)C)cc1CN[C@@H]1CC[C@@H](C(=O)O)CCC1(F)F. The third-order valence-electron chi connectivity index (χ3n) is 4.58. The van der Waals surface area contributed by atoms with E-state index in [4.69, 9.17) is 5.11 Å². The molecule has 1 saturated carbocycles. The Hall–Kier alpha value is -1.50. The summed E-state index contributed by atoms with van der Waals surface area (Å²) in [5, 5.41) is 16.3. The van der Waals surface area contributed by atoms with E-state index in [-0.39, 0.29) is 31.7 Å².